The molecule has 17 heavy (non-hydrogen) atoms. The lowest BCUT2D eigenvalue weighted by Crippen LogP contribution is -2.27. The first kappa shape index (κ1) is 12.2. The number of methoxy groups -OCH3 is 2. The van der Waals surface area contributed by atoms with Crippen LogP contribution in [0, 0.1) is 0 Å². The maximum Gasteiger partial charge on any atom is 0.160 e. The van der Waals surface area contributed by atoms with Gasteiger partial charge >= 0.3 is 0 Å². The molecule has 0 bridgehead atoms. The molecule has 0 amide bonds. The summed E-state index contributed by atoms with van der Waals surface area (Å²) in [6, 6.07) is 6.24. The number of hydrogen-bond donors (Lipinski definition) is 1. The number of nitrogens with zero attached hydrogens (tertiary/aromatic N) is 1. The molecule has 1 aromatic carbocycles. The van der Waals surface area contributed by atoms with E-state index in [2.05, 4.69) is 18.0 Å². The highest BCUT2D eigenvalue weighted by Crippen LogP contribution is 2.33. The van der Waals surface area contributed by atoms with E-state index in [1.54, 1.807) is 14.2 Å². The summed E-state index contributed by atoms with van der Waals surface area (Å²) in [5.74, 6) is 1.91. The van der Waals surface area contributed by atoms with E-state index >= 15 is 0 Å². The summed E-state index contributed by atoms with van der Waals surface area (Å²) in [7, 11) is 5.40. The average molecular weight is 236 g/mol. The van der Waals surface area contributed by atoms with Crippen LogP contribution in [0.15, 0.2) is 18.2 Å². The third-order valence-electron chi connectivity index (χ3n) is 3.38. The van der Waals surface area contributed by atoms with Gasteiger partial charge in [-0.3, -0.25) is 0 Å². The Bertz CT molecular complexity index is 395. The lowest BCUT2D eigenvalue weighted by molar-refractivity contribution is 0.354. The minimum atomic E-state index is 0.193. The van der Waals surface area contributed by atoms with Gasteiger partial charge in [0.2, 0.25) is 0 Å². The fourth-order valence-corrected chi connectivity index (χ4v) is 2.47. The number of likely N-dealkylation sites (N-methyl/N-ethyl adjacent to an activating group) is 1. The highest BCUT2D eigenvalue weighted by atomic mass is 16.5. The topological polar surface area (TPSA) is 47.7 Å². The maximum atomic E-state index is 6.15. The Labute approximate surface area is 102 Å². The van der Waals surface area contributed by atoms with Gasteiger partial charge in [0.1, 0.15) is 0 Å². The number of ether oxygens (including phenoxy) is 2. The van der Waals surface area contributed by atoms with Crippen LogP contribution in [-0.4, -0.2) is 45.3 Å². The summed E-state index contributed by atoms with van der Waals surface area (Å²) in [4.78, 5) is 2.26. The van der Waals surface area contributed by atoms with Gasteiger partial charge in [-0.25, -0.2) is 0 Å². The average Bonchev–Trinajstić information content (AvgIpc) is 2.67. The fourth-order valence-electron chi connectivity index (χ4n) is 2.47. The fraction of sp³-hybridized carbons (Fsp3) is 0.538. The molecule has 2 rings (SSSR count). The SMILES string of the molecule is COc1ccc([C@@H]2CN(C)C[C@H]2N)cc1OC. The molecule has 94 valence electrons. The van der Waals surface area contributed by atoms with E-state index in [1.807, 2.05) is 12.1 Å². The summed E-state index contributed by atoms with van der Waals surface area (Å²) >= 11 is 0. The molecule has 4 nitrogen and oxygen atoms in total. The molecular formula is C13H20N2O2. The van der Waals surface area contributed by atoms with Crippen LogP contribution < -0.4 is 15.2 Å². The molecule has 1 fully saturated rings. The molecule has 1 heterocycles. The van der Waals surface area contributed by atoms with Crippen LogP contribution in [0.3, 0.4) is 0 Å². The number of rotatable bonds is 3. The van der Waals surface area contributed by atoms with Gasteiger partial charge in [0, 0.05) is 25.0 Å². The van der Waals surface area contributed by atoms with Crippen LogP contribution in [0.4, 0.5) is 0 Å². The van der Waals surface area contributed by atoms with Crippen LogP contribution in [0.2, 0.25) is 0 Å². The first-order valence-electron chi connectivity index (χ1n) is 5.81. The number of benzene rings is 1. The van der Waals surface area contributed by atoms with Crippen molar-refractivity contribution < 1.29 is 9.47 Å². The summed E-state index contributed by atoms with van der Waals surface area (Å²) in [6.45, 7) is 1.94. The Morgan fingerprint density at radius 3 is 2.41 bits per heavy atom. The molecule has 1 aliphatic rings. The summed E-state index contributed by atoms with van der Waals surface area (Å²) in [5.41, 5.74) is 7.37. The summed E-state index contributed by atoms with van der Waals surface area (Å²) < 4.78 is 10.6. The second-order valence-corrected chi connectivity index (χ2v) is 4.61. The van der Waals surface area contributed by atoms with E-state index in [1.165, 1.54) is 5.56 Å². The zero-order valence-corrected chi connectivity index (χ0v) is 10.6. The highest BCUT2D eigenvalue weighted by Gasteiger charge is 2.29. The zero-order valence-electron chi connectivity index (χ0n) is 10.6. The van der Waals surface area contributed by atoms with E-state index in [4.69, 9.17) is 15.2 Å². The molecule has 2 atom stereocenters. The predicted molar refractivity (Wildman–Crippen MR) is 67.8 cm³/mol. The second kappa shape index (κ2) is 4.94. The van der Waals surface area contributed by atoms with Crippen molar-refractivity contribution in [2.75, 3.05) is 34.4 Å². The smallest absolute Gasteiger partial charge is 0.160 e. The van der Waals surface area contributed by atoms with Gasteiger partial charge in [0.15, 0.2) is 11.5 Å². The quantitative estimate of drug-likeness (QED) is 0.852. The largest absolute Gasteiger partial charge is 0.493 e. The first-order chi connectivity index (χ1) is 8.15. The molecule has 1 saturated heterocycles. The van der Waals surface area contributed by atoms with Crippen molar-refractivity contribution in [2.24, 2.45) is 5.73 Å². The summed E-state index contributed by atoms with van der Waals surface area (Å²) in [6.07, 6.45) is 0. The van der Waals surface area contributed by atoms with Crippen LogP contribution in [0.5, 0.6) is 11.5 Å². The van der Waals surface area contributed by atoms with Gasteiger partial charge < -0.3 is 20.1 Å². The summed E-state index contributed by atoms with van der Waals surface area (Å²) in [5, 5.41) is 0. The number of likely N-dealkylation sites (tertiary alicyclic amines) is 1. The molecular weight excluding hydrogens is 216 g/mol. The first-order valence-corrected chi connectivity index (χ1v) is 5.81. The van der Waals surface area contributed by atoms with Gasteiger partial charge in [-0.1, -0.05) is 6.07 Å². The van der Waals surface area contributed by atoms with Crippen molar-refractivity contribution in [3.05, 3.63) is 23.8 Å². The number of hydrogen-bond acceptors (Lipinski definition) is 4. The van der Waals surface area contributed by atoms with E-state index < -0.39 is 0 Å². The Morgan fingerprint density at radius 2 is 1.88 bits per heavy atom. The minimum absolute atomic E-state index is 0.193. The lowest BCUT2D eigenvalue weighted by Gasteiger charge is -2.17. The molecule has 0 aromatic heterocycles. The zero-order chi connectivity index (χ0) is 12.4. The Balaban J connectivity index is 2.27. The van der Waals surface area contributed by atoms with Crippen molar-refractivity contribution in [3.8, 4) is 11.5 Å². The van der Waals surface area contributed by atoms with Crippen LogP contribution >= 0.6 is 0 Å². The molecule has 1 aromatic rings. The van der Waals surface area contributed by atoms with E-state index in [0.29, 0.717) is 5.92 Å². The van der Waals surface area contributed by atoms with Crippen molar-refractivity contribution in [3.63, 3.8) is 0 Å². The van der Waals surface area contributed by atoms with E-state index in [0.717, 1.165) is 24.6 Å². The third kappa shape index (κ3) is 2.37. The maximum absolute atomic E-state index is 6.15. The standard InChI is InChI=1S/C13H20N2O2/c1-15-7-10(11(14)8-15)9-4-5-12(16-2)13(6-9)17-3/h4-6,10-11H,7-8,14H2,1-3H3/t10-,11+/m0/s1. The molecule has 1 aliphatic heterocycles. The molecule has 0 aliphatic carbocycles. The molecule has 4 heteroatoms. The number of nitrogens with two attached hydrogens (primary N) is 1. The van der Waals surface area contributed by atoms with Crippen molar-refractivity contribution in [1.29, 1.82) is 0 Å². The Kier molecular flexibility index (Phi) is 3.54. The highest BCUT2D eigenvalue weighted by molar-refractivity contribution is 5.44. The van der Waals surface area contributed by atoms with Crippen molar-refractivity contribution in [1.82, 2.24) is 4.90 Å². The van der Waals surface area contributed by atoms with E-state index in [9.17, 15) is 0 Å². The second-order valence-electron chi connectivity index (χ2n) is 4.61. The molecule has 2 N–H and O–H groups in total. The lowest BCUT2D eigenvalue weighted by atomic mass is 9.94. The van der Waals surface area contributed by atoms with Crippen molar-refractivity contribution in [2.45, 2.75) is 12.0 Å². The van der Waals surface area contributed by atoms with Gasteiger partial charge in [-0.2, -0.15) is 0 Å². The monoisotopic (exact) mass is 236 g/mol. The van der Waals surface area contributed by atoms with Crippen molar-refractivity contribution >= 4 is 0 Å². The van der Waals surface area contributed by atoms with Gasteiger partial charge in [0.05, 0.1) is 14.2 Å². The normalized spacial score (nSPS) is 24.9. The molecule has 0 saturated carbocycles. The molecule has 0 unspecified atom stereocenters. The van der Waals surface area contributed by atoms with Gasteiger partial charge in [-0.15, -0.1) is 0 Å². The molecule has 0 radical (unpaired) electrons. The van der Waals surface area contributed by atoms with Gasteiger partial charge in [0.25, 0.3) is 0 Å². The third-order valence-corrected chi connectivity index (χ3v) is 3.38. The minimum Gasteiger partial charge on any atom is -0.493 e. The van der Waals surface area contributed by atoms with Crippen LogP contribution in [-0.2, 0) is 0 Å². The van der Waals surface area contributed by atoms with Gasteiger partial charge in [-0.05, 0) is 24.7 Å². The predicted octanol–water partition coefficient (Wildman–Crippen LogP) is 1.06. The Morgan fingerprint density at radius 1 is 1.18 bits per heavy atom. The van der Waals surface area contributed by atoms with Crippen LogP contribution in [0.25, 0.3) is 0 Å². The van der Waals surface area contributed by atoms with Crippen LogP contribution in [0.1, 0.15) is 11.5 Å². The molecule has 0 spiro atoms. The van der Waals surface area contributed by atoms with E-state index in [-0.39, 0.29) is 6.04 Å². The Hall–Kier alpha value is -1.26.